The zero-order valence-electron chi connectivity index (χ0n) is 6.49. The highest BCUT2D eigenvalue weighted by Gasteiger charge is 2.19. The smallest absolute Gasteiger partial charge is 0.271 e. The summed E-state index contributed by atoms with van der Waals surface area (Å²) in [6.07, 6.45) is 1.77. The van der Waals surface area contributed by atoms with Gasteiger partial charge in [0.15, 0.2) is 0 Å². The van der Waals surface area contributed by atoms with E-state index < -0.39 is 10.3 Å². The number of hydrogen-bond donors (Lipinski definition) is 2. The molecular weight excluding hydrogens is 192 g/mol. The molecule has 1 aromatic heterocycles. The molecule has 0 atom stereocenters. The Morgan fingerprint density at radius 1 is 1.38 bits per heavy atom. The topological polar surface area (TPSA) is 79.0 Å². The molecule has 0 unspecified atom stereocenters. The van der Waals surface area contributed by atoms with Crippen molar-refractivity contribution in [2.45, 2.75) is 6.42 Å². The van der Waals surface area contributed by atoms with Gasteiger partial charge in [-0.1, -0.05) is 0 Å². The first-order valence-corrected chi connectivity index (χ1v) is 4.68. The van der Waals surface area contributed by atoms with Crippen molar-refractivity contribution in [2.24, 2.45) is 0 Å². The van der Waals surface area contributed by atoms with Crippen molar-refractivity contribution in [1.82, 2.24) is 4.98 Å². The number of aromatic nitrogens is 1. The van der Waals surface area contributed by atoms with Crippen molar-refractivity contribution in [1.29, 1.82) is 0 Å². The lowest BCUT2D eigenvalue weighted by Crippen LogP contribution is -2.13. The molecule has 0 amide bonds. The maximum atomic E-state index is 11.1. The molecule has 2 N–H and O–H groups in total. The SMILES string of the molecule is O=c1[nH]ccc2c1NC(=S(=O)=O)C2. The van der Waals surface area contributed by atoms with Crippen LogP contribution in [0.4, 0.5) is 5.69 Å². The first kappa shape index (κ1) is 8.06. The Labute approximate surface area is 74.9 Å². The number of rotatable bonds is 0. The minimum Gasteiger partial charge on any atom is -0.341 e. The van der Waals surface area contributed by atoms with Crippen molar-refractivity contribution >= 4 is 21.0 Å². The maximum absolute atomic E-state index is 11.1. The maximum Gasteiger partial charge on any atom is 0.271 e. The summed E-state index contributed by atoms with van der Waals surface area (Å²) in [7, 11) is -2.27. The van der Waals surface area contributed by atoms with Gasteiger partial charge in [-0.2, -0.15) is 8.42 Å². The number of hydrogen-bond acceptors (Lipinski definition) is 3. The molecular formula is C7H6N2O3S. The van der Waals surface area contributed by atoms with Gasteiger partial charge in [0.25, 0.3) is 5.56 Å². The number of aromatic amines is 1. The number of nitrogens with one attached hydrogen (secondary N) is 2. The Bertz CT molecular complexity index is 533. The van der Waals surface area contributed by atoms with Crippen molar-refractivity contribution in [2.75, 3.05) is 5.32 Å². The molecule has 68 valence electrons. The minimum absolute atomic E-state index is 0.145. The van der Waals surface area contributed by atoms with Crippen molar-refractivity contribution in [3.63, 3.8) is 0 Å². The second-order valence-corrected chi connectivity index (χ2v) is 3.63. The number of anilines is 1. The summed E-state index contributed by atoms with van der Waals surface area (Å²) in [5.41, 5.74) is 0.752. The van der Waals surface area contributed by atoms with Crippen LogP contribution in [0.2, 0.25) is 0 Å². The van der Waals surface area contributed by atoms with Crippen LogP contribution in [0, 0.1) is 0 Å². The summed E-state index contributed by atoms with van der Waals surface area (Å²) in [4.78, 5) is 13.8. The van der Waals surface area contributed by atoms with E-state index in [1.54, 1.807) is 6.07 Å². The van der Waals surface area contributed by atoms with E-state index >= 15 is 0 Å². The van der Waals surface area contributed by atoms with E-state index in [9.17, 15) is 13.2 Å². The van der Waals surface area contributed by atoms with Crippen LogP contribution in [-0.2, 0) is 16.7 Å². The third-order valence-electron chi connectivity index (χ3n) is 1.86. The third kappa shape index (κ3) is 1.25. The van der Waals surface area contributed by atoms with Crippen LogP contribution >= 0.6 is 0 Å². The zero-order valence-corrected chi connectivity index (χ0v) is 7.31. The number of H-pyrrole nitrogens is 1. The van der Waals surface area contributed by atoms with Gasteiger partial charge in [0.2, 0.25) is 10.3 Å². The molecule has 0 aliphatic carbocycles. The van der Waals surface area contributed by atoms with Crippen LogP contribution < -0.4 is 10.9 Å². The molecule has 1 aromatic rings. The van der Waals surface area contributed by atoms with Crippen LogP contribution in [0.1, 0.15) is 5.56 Å². The highest BCUT2D eigenvalue weighted by molar-refractivity contribution is 7.73. The number of fused-ring (bicyclic) bond motifs is 1. The van der Waals surface area contributed by atoms with E-state index in [1.165, 1.54) is 6.20 Å². The molecule has 6 heteroatoms. The molecule has 2 heterocycles. The van der Waals surface area contributed by atoms with Gasteiger partial charge >= 0.3 is 0 Å². The van der Waals surface area contributed by atoms with E-state index in [4.69, 9.17) is 0 Å². The molecule has 13 heavy (non-hydrogen) atoms. The fourth-order valence-corrected chi connectivity index (χ4v) is 1.72. The van der Waals surface area contributed by atoms with Gasteiger partial charge in [-0.05, 0) is 11.6 Å². The van der Waals surface area contributed by atoms with E-state index in [2.05, 4.69) is 10.3 Å². The fraction of sp³-hybridized carbons (Fsp3) is 0.143. The molecule has 0 saturated heterocycles. The normalized spacial score (nSPS) is 13.7. The summed E-state index contributed by atoms with van der Waals surface area (Å²) in [5.74, 6) is 0. The second-order valence-electron chi connectivity index (χ2n) is 2.67. The first-order valence-electron chi connectivity index (χ1n) is 3.61. The molecule has 0 bridgehead atoms. The molecule has 1 aliphatic rings. The summed E-state index contributed by atoms with van der Waals surface area (Å²) >= 11 is 0. The van der Waals surface area contributed by atoms with Gasteiger partial charge in [0, 0.05) is 12.6 Å². The van der Waals surface area contributed by atoms with Crippen molar-refractivity contribution < 1.29 is 8.42 Å². The van der Waals surface area contributed by atoms with Crippen LogP contribution in [-0.4, -0.2) is 18.4 Å². The predicted octanol–water partition coefficient (Wildman–Crippen LogP) is -0.648. The standard InChI is InChI=1S/C7H6N2O3S/c10-7-6-4(1-2-8-7)3-5(9-6)13(11)12/h1-2,9H,3H2,(H,8,10). The van der Waals surface area contributed by atoms with Gasteiger partial charge in [-0.25, -0.2) is 0 Å². The largest absolute Gasteiger partial charge is 0.341 e. The van der Waals surface area contributed by atoms with Crippen LogP contribution in [0.15, 0.2) is 17.1 Å². The van der Waals surface area contributed by atoms with Crippen molar-refractivity contribution in [3.8, 4) is 0 Å². The average Bonchev–Trinajstić information content (AvgIpc) is 2.49. The van der Waals surface area contributed by atoms with Gasteiger partial charge < -0.3 is 10.3 Å². The fourth-order valence-electron chi connectivity index (χ4n) is 1.26. The van der Waals surface area contributed by atoms with Crippen LogP contribution in [0.25, 0.3) is 0 Å². The van der Waals surface area contributed by atoms with Gasteiger partial charge in [-0.3, -0.25) is 4.79 Å². The summed E-state index contributed by atoms with van der Waals surface area (Å²) in [6.45, 7) is 0. The summed E-state index contributed by atoms with van der Waals surface area (Å²) in [5, 5.41) is 2.56. The lowest BCUT2D eigenvalue weighted by Gasteiger charge is -1.93. The highest BCUT2D eigenvalue weighted by atomic mass is 32.2. The summed E-state index contributed by atoms with van der Waals surface area (Å²) < 4.78 is 21.1. The lowest BCUT2D eigenvalue weighted by atomic mass is 10.2. The monoisotopic (exact) mass is 198 g/mol. The van der Waals surface area contributed by atoms with E-state index in [1.807, 2.05) is 0 Å². The highest BCUT2D eigenvalue weighted by Crippen LogP contribution is 2.16. The molecule has 0 saturated carbocycles. The minimum atomic E-state index is -2.27. The molecule has 0 radical (unpaired) electrons. The zero-order chi connectivity index (χ0) is 9.42. The van der Waals surface area contributed by atoms with Crippen LogP contribution in [0.5, 0.6) is 0 Å². The Kier molecular flexibility index (Phi) is 1.70. The average molecular weight is 198 g/mol. The van der Waals surface area contributed by atoms with Gasteiger partial charge in [-0.15, -0.1) is 0 Å². The Balaban J connectivity index is 2.66. The molecule has 1 aliphatic heterocycles. The Morgan fingerprint density at radius 2 is 2.15 bits per heavy atom. The van der Waals surface area contributed by atoms with Crippen LogP contribution in [0.3, 0.4) is 0 Å². The van der Waals surface area contributed by atoms with Gasteiger partial charge in [0.1, 0.15) is 10.7 Å². The first-order chi connectivity index (χ1) is 6.18. The Morgan fingerprint density at radius 3 is 2.77 bits per heavy atom. The van der Waals surface area contributed by atoms with E-state index in [-0.39, 0.29) is 17.0 Å². The molecule has 2 rings (SSSR count). The third-order valence-corrected chi connectivity index (χ3v) is 2.51. The lowest BCUT2D eigenvalue weighted by molar-refractivity contribution is 0.627. The molecule has 0 aromatic carbocycles. The quantitative estimate of drug-likeness (QED) is 0.543. The Hall–Kier alpha value is -1.56. The molecule has 0 fully saturated rings. The van der Waals surface area contributed by atoms with E-state index in [0.29, 0.717) is 11.3 Å². The summed E-state index contributed by atoms with van der Waals surface area (Å²) in [6, 6.07) is 1.68. The van der Waals surface area contributed by atoms with Gasteiger partial charge in [0.05, 0.1) is 0 Å². The van der Waals surface area contributed by atoms with E-state index in [0.717, 1.165) is 0 Å². The molecule has 5 nitrogen and oxygen atoms in total. The predicted molar refractivity (Wildman–Crippen MR) is 48.3 cm³/mol. The number of pyridine rings is 1. The van der Waals surface area contributed by atoms with Crippen molar-refractivity contribution in [3.05, 3.63) is 28.2 Å². The molecule has 0 spiro atoms. The second kappa shape index (κ2) is 2.74.